The first kappa shape index (κ1) is 46.1. The van der Waals surface area contributed by atoms with E-state index in [4.69, 9.17) is 4.74 Å². The summed E-state index contributed by atoms with van der Waals surface area (Å²) >= 11 is 2.94. The lowest BCUT2D eigenvalue weighted by Crippen LogP contribution is -2.67. The van der Waals surface area contributed by atoms with Gasteiger partial charge in [0, 0.05) is 44.3 Å². The van der Waals surface area contributed by atoms with Crippen LogP contribution < -0.4 is 4.90 Å². The minimum Gasteiger partial charge on any atom is -0.493 e. The second kappa shape index (κ2) is 25.1. The highest BCUT2D eigenvalue weighted by atomic mass is 79.9. The molecule has 0 amide bonds. The van der Waals surface area contributed by atoms with Crippen LogP contribution in [0.1, 0.15) is 78.9 Å². The van der Waals surface area contributed by atoms with E-state index in [-0.39, 0.29) is 11.6 Å². The zero-order valence-electron chi connectivity index (χ0n) is 33.5. The molecular formula is C45H67BrF2N3O2+. The molecule has 4 saturated heterocycles. The summed E-state index contributed by atoms with van der Waals surface area (Å²) in [5.41, 5.74) is 4.36. The number of benzene rings is 2. The first-order valence-corrected chi connectivity index (χ1v) is 20.9. The Balaban J connectivity index is 0.000000283. The van der Waals surface area contributed by atoms with Gasteiger partial charge in [-0.3, -0.25) is 4.90 Å². The Kier molecular flexibility index (Phi) is 21.9. The number of aliphatic hydroxyl groups is 1. The van der Waals surface area contributed by atoms with E-state index in [0.717, 1.165) is 48.4 Å². The number of hydrogen-bond acceptors (Lipinski definition) is 4. The van der Waals surface area contributed by atoms with Crippen molar-refractivity contribution in [2.75, 3.05) is 69.7 Å². The fourth-order valence-electron chi connectivity index (χ4n) is 6.85. The summed E-state index contributed by atoms with van der Waals surface area (Å²) in [6.07, 6.45) is 15.4. The van der Waals surface area contributed by atoms with Crippen molar-refractivity contribution in [3.63, 3.8) is 0 Å². The molecule has 4 aliphatic rings. The van der Waals surface area contributed by atoms with Gasteiger partial charge >= 0.3 is 0 Å². The number of fused-ring (bicyclic) bond motifs is 3. The van der Waals surface area contributed by atoms with Crippen LogP contribution in [0.5, 0.6) is 0 Å². The van der Waals surface area contributed by atoms with Gasteiger partial charge in [-0.15, -0.1) is 0 Å². The van der Waals surface area contributed by atoms with E-state index in [1.165, 1.54) is 74.6 Å². The summed E-state index contributed by atoms with van der Waals surface area (Å²) in [6.45, 7) is 27.6. The summed E-state index contributed by atoms with van der Waals surface area (Å²) in [6, 6.07) is 13.0. The average molecular weight is 800 g/mol. The van der Waals surface area contributed by atoms with Crippen molar-refractivity contribution in [1.29, 1.82) is 0 Å². The number of rotatable bonds is 14. The van der Waals surface area contributed by atoms with E-state index in [1.54, 1.807) is 29.8 Å². The average Bonchev–Trinajstić information content (AvgIpc) is 3.18. The number of anilines is 1. The first-order chi connectivity index (χ1) is 25.5. The number of hydrogen-bond donors (Lipinski definition) is 1. The second-order valence-electron chi connectivity index (χ2n) is 14.2. The standard InChI is InChI=1S/C19H21F2NO.C14H22O.C11H21N2.CH3Br/c1-13-15(12-22(13)18-9-7-17(21)8-10-18)4-11-19(23)14-2-5-16(20)6-3-14;1-5-8-9-11-14(7-3)15-12-13(4)10-6-2;1-3-11(2)10-13-7-4-12(5-8-13)6-9-13;1-2/h2-3,5-10,13,15,19,23H,4,11-12H2,1H3;6,8-11H,4-5,7,12H2,1-3H3;3H,4-10H2,1-2H3;1H3/q;;+1;/b;9-8-,10-6-,14-11+;11-3+;. The van der Waals surface area contributed by atoms with Gasteiger partial charge in [-0.25, -0.2) is 8.78 Å². The van der Waals surface area contributed by atoms with Crippen LogP contribution in [0.2, 0.25) is 0 Å². The fourth-order valence-corrected chi connectivity index (χ4v) is 6.85. The SMILES string of the molecule is C/C=C(\C)C[N+]12CCN(CC1)CC2.C=C(/C=C\C)CO/C(=C/C=C\CC)CC.CBr.CC1C(CCC(O)c2ccc(F)cc2)CN1c1ccc(F)cc1. The molecule has 1 N–H and O–H groups in total. The van der Waals surface area contributed by atoms with Crippen molar-refractivity contribution in [3.8, 4) is 0 Å². The van der Waals surface area contributed by atoms with E-state index in [0.29, 0.717) is 25.0 Å². The largest absolute Gasteiger partial charge is 0.493 e. The van der Waals surface area contributed by atoms with Gasteiger partial charge in [0.25, 0.3) is 0 Å². The molecule has 2 bridgehead atoms. The number of ether oxygens (including phenoxy) is 1. The molecule has 4 heterocycles. The molecule has 3 atom stereocenters. The molecule has 294 valence electrons. The molecular weight excluding hydrogens is 732 g/mol. The Morgan fingerprint density at radius 3 is 2.09 bits per heavy atom. The van der Waals surface area contributed by atoms with Crippen LogP contribution in [-0.2, 0) is 4.74 Å². The monoisotopic (exact) mass is 798 g/mol. The molecule has 0 radical (unpaired) electrons. The van der Waals surface area contributed by atoms with Gasteiger partial charge in [0.1, 0.15) is 24.8 Å². The normalized spacial score (nSPS) is 22.8. The highest BCUT2D eigenvalue weighted by Gasteiger charge is 2.38. The summed E-state index contributed by atoms with van der Waals surface area (Å²) < 4.78 is 32.8. The number of halogens is 3. The predicted octanol–water partition coefficient (Wildman–Crippen LogP) is 10.8. The van der Waals surface area contributed by atoms with E-state index >= 15 is 0 Å². The lowest BCUT2D eigenvalue weighted by atomic mass is 9.84. The van der Waals surface area contributed by atoms with Crippen molar-refractivity contribution in [1.82, 2.24) is 4.90 Å². The molecule has 3 unspecified atom stereocenters. The Morgan fingerprint density at radius 1 is 1.00 bits per heavy atom. The summed E-state index contributed by atoms with van der Waals surface area (Å²) in [7, 11) is 0. The number of aliphatic hydroxyl groups excluding tert-OH is 1. The minimum atomic E-state index is -0.553. The minimum absolute atomic E-state index is 0.221. The van der Waals surface area contributed by atoms with E-state index in [9.17, 15) is 13.9 Å². The Morgan fingerprint density at radius 2 is 1.58 bits per heavy atom. The third kappa shape index (κ3) is 16.1. The van der Waals surface area contributed by atoms with Crippen molar-refractivity contribution < 1.29 is 23.1 Å². The quantitative estimate of drug-likeness (QED) is 0.0679. The third-order valence-corrected chi connectivity index (χ3v) is 10.4. The highest BCUT2D eigenvalue weighted by molar-refractivity contribution is 9.08. The molecule has 0 spiro atoms. The van der Waals surface area contributed by atoms with Crippen LogP contribution in [0.3, 0.4) is 0 Å². The fraction of sp³-hybridized carbons (Fsp3) is 0.511. The predicted molar refractivity (Wildman–Crippen MR) is 225 cm³/mol. The van der Waals surface area contributed by atoms with E-state index in [2.05, 4.69) is 79.1 Å². The summed E-state index contributed by atoms with van der Waals surface area (Å²) in [5.74, 6) is 2.82. The van der Waals surface area contributed by atoms with Crippen molar-refractivity contribution in [2.45, 2.75) is 79.4 Å². The zero-order chi connectivity index (χ0) is 39.2. The Labute approximate surface area is 329 Å². The highest BCUT2D eigenvalue weighted by Crippen LogP contribution is 2.35. The summed E-state index contributed by atoms with van der Waals surface area (Å²) in [5, 5.41) is 10.2. The molecule has 2 aromatic carbocycles. The molecule has 5 nitrogen and oxygen atoms in total. The van der Waals surface area contributed by atoms with Crippen LogP contribution >= 0.6 is 15.9 Å². The Bertz CT molecular complexity index is 1430. The van der Waals surface area contributed by atoms with Gasteiger partial charge in [-0.05, 0) is 118 Å². The van der Waals surface area contributed by atoms with Gasteiger partial charge < -0.3 is 19.2 Å². The molecule has 4 aliphatic heterocycles. The topological polar surface area (TPSA) is 35.9 Å². The van der Waals surface area contributed by atoms with Crippen LogP contribution in [0.15, 0.2) is 108 Å². The second-order valence-corrected chi connectivity index (χ2v) is 14.2. The molecule has 2 aromatic rings. The number of quaternary nitrogens is 1. The maximum Gasteiger partial charge on any atom is 0.123 e. The molecule has 0 aromatic heterocycles. The lowest BCUT2D eigenvalue weighted by molar-refractivity contribution is -0.936. The molecule has 4 fully saturated rings. The van der Waals surface area contributed by atoms with Crippen molar-refractivity contribution in [3.05, 3.63) is 126 Å². The summed E-state index contributed by atoms with van der Waals surface area (Å²) in [4.78, 5) is 4.85. The van der Waals surface area contributed by atoms with Gasteiger partial charge in [-0.2, -0.15) is 0 Å². The van der Waals surface area contributed by atoms with E-state index in [1.807, 2.05) is 37.1 Å². The van der Waals surface area contributed by atoms with Crippen molar-refractivity contribution in [2.24, 2.45) is 5.92 Å². The molecule has 0 saturated carbocycles. The number of piperazine rings is 3. The number of nitrogens with zero attached hydrogens (tertiary/aromatic N) is 3. The maximum atomic E-state index is 13.0. The number of allylic oxidation sites excluding steroid dienone is 6. The molecule has 0 aliphatic carbocycles. The van der Waals surface area contributed by atoms with Crippen LogP contribution in [0.25, 0.3) is 0 Å². The Hall–Kier alpha value is -3.04. The smallest absolute Gasteiger partial charge is 0.123 e. The van der Waals surface area contributed by atoms with Gasteiger partial charge in [-0.1, -0.05) is 78.9 Å². The van der Waals surface area contributed by atoms with Crippen molar-refractivity contribution >= 4 is 21.6 Å². The van der Waals surface area contributed by atoms with Gasteiger partial charge in [0.15, 0.2) is 0 Å². The lowest BCUT2D eigenvalue weighted by Gasteiger charge is -2.50. The number of alkyl halides is 1. The first-order valence-electron chi connectivity index (χ1n) is 19.3. The van der Waals surface area contributed by atoms with E-state index < -0.39 is 6.10 Å². The van der Waals surface area contributed by atoms with Crippen LogP contribution in [0, 0.1) is 17.6 Å². The van der Waals surface area contributed by atoms with Gasteiger partial charge in [0.2, 0.25) is 0 Å². The molecule has 6 rings (SSSR count). The maximum absolute atomic E-state index is 13.0. The van der Waals surface area contributed by atoms with Gasteiger partial charge in [0.05, 0.1) is 31.5 Å². The van der Waals surface area contributed by atoms with Crippen LogP contribution in [-0.4, -0.2) is 85.3 Å². The molecule has 53 heavy (non-hydrogen) atoms. The third-order valence-electron chi connectivity index (χ3n) is 10.4. The van der Waals surface area contributed by atoms with Crippen LogP contribution in [0.4, 0.5) is 14.5 Å². The zero-order valence-corrected chi connectivity index (χ0v) is 35.1. The molecule has 8 heteroatoms.